The summed E-state index contributed by atoms with van der Waals surface area (Å²) in [5.74, 6) is 6.41. The molecule has 1 aliphatic carbocycles. The summed E-state index contributed by atoms with van der Waals surface area (Å²) < 4.78 is 7.26. The molecule has 6 N–H and O–H groups in total. The summed E-state index contributed by atoms with van der Waals surface area (Å²) in [7, 11) is 0. The van der Waals surface area contributed by atoms with Crippen molar-refractivity contribution in [1.29, 1.82) is 0 Å². The van der Waals surface area contributed by atoms with E-state index < -0.39 is 11.7 Å². The number of carbonyl (C=O) groups excluding carboxylic acids is 1. The number of fused-ring (bicyclic) bond motifs is 1. The van der Waals surface area contributed by atoms with Crippen molar-refractivity contribution in [1.82, 2.24) is 14.4 Å². The van der Waals surface area contributed by atoms with Gasteiger partial charge in [0.15, 0.2) is 5.65 Å². The Balaban J connectivity index is 1.88. The van der Waals surface area contributed by atoms with Gasteiger partial charge in [0, 0.05) is 18.6 Å². The molecule has 1 amide bonds. The Bertz CT molecular complexity index is 895. The zero-order valence-corrected chi connectivity index (χ0v) is 16.5. The fraction of sp³-hybridized carbons (Fsp3) is 0.474. The van der Waals surface area contributed by atoms with Gasteiger partial charge in [0.1, 0.15) is 5.60 Å². The molecule has 0 spiro atoms. The predicted molar refractivity (Wildman–Crippen MR) is 106 cm³/mol. The van der Waals surface area contributed by atoms with Gasteiger partial charge in [0.25, 0.3) is 0 Å². The van der Waals surface area contributed by atoms with Crippen molar-refractivity contribution in [3.05, 3.63) is 41.6 Å². The molecule has 0 bridgehead atoms. The van der Waals surface area contributed by atoms with Crippen LogP contribution in [0.3, 0.4) is 0 Å². The van der Waals surface area contributed by atoms with Crippen LogP contribution < -0.4 is 16.9 Å². The lowest BCUT2D eigenvalue weighted by Gasteiger charge is -2.20. The molecule has 2 aromatic heterocycles. The van der Waals surface area contributed by atoms with Crippen LogP contribution in [0.5, 0.6) is 0 Å². The third-order valence-corrected chi connectivity index (χ3v) is 4.17. The molecule has 9 heteroatoms. The maximum Gasteiger partial charge on any atom is 0.412 e. The zero-order chi connectivity index (χ0) is 20.5. The van der Waals surface area contributed by atoms with Crippen molar-refractivity contribution in [2.24, 2.45) is 11.6 Å². The predicted octanol–water partition coefficient (Wildman–Crippen LogP) is 2.03. The van der Waals surface area contributed by atoms with E-state index in [1.165, 1.54) is 11.2 Å². The topological polar surface area (TPSA) is 131 Å². The summed E-state index contributed by atoms with van der Waals surface area (Å²) >= 11 is 0. The average Bonchev–Trinajstić information content (AvgIpc) is 3.33. The minimum Gasteiger partial charge on any atom is -0.444 e. The first kappa shape index (κ1) is 20.0. The molecule has 28 heavy (non-hydrogen) atoms. The molecule has 0 saturated heterocycles. The van der Waals surface area contributed by atoms with Crippen LogP contribution >= 0.6 is 0 Å². The molecule has 0 aliphatic heterocycles. The molecular formula is C19H28N6O3. The third-order valence-electron chi connectivity index (χ3n) is 4.17. The number of hydrogen-bond donors (Lipinski definition) is 4. The second-order valence-corrected chi connectivity index (χ2v) is 8.09. The highest BCUT2D eigenvalue weighted by Gasteiger charge is 2.26. The van der Waals surface area contributed by atoms with Gasteiger partial charge in [-0.15, -0.1) is 0 Å². The van der Waals surface area contributed by atoms with Gasteiger partial charge in [0.2, 0.25) is 0 Å². The molecule has 0 radical (unpaired) electrons. The summed E-state index contributed by atoms with van der Waals surface area (Å²) in [5, 5.41) is 13.2. The number of anilines is 1. The molecule has 9 nitrogen and oxygen atoms in total. The smallest absolute Gasteiger partial charge is 0.412 e. The fourth-order valence-corrected chi connectivity index (χ4v) is 2.88. The van der Waals surface area contributed by atoms with Crippen molar-refractivity contribution in [3.8, 4) is 0 Å². The largest absolute Gasteiger partial charge is 0.444 e. The van der Waals surface area contributed by atoms with E-state index in [-0.39, 0.29) is 12.3 Å². The summed E-state index contributed by atoms with van der Waals surface area (Å²) in [6, 6.07) is 1.96. The van der Waals surface area contributed by atoms with Gasteiger partial charge in [-0.1, -0.05) is 0 Å². The summed E-state index contributed by atoms with van der Waals surface area (Å²) in [5.41, 5.74) is 8.32. The summed E-state index contributed by atoms with van der Waals surface area (Å²) in [6.07, 6.45) is 7.11. The van der Waals surface area contributed by atoms with Gasteiger partial charge in [-0.2, -0.15) is 0 Å². The quantitative estimate of drug-likeness (QED) is 0.440. The van der Waals surface area contributed by atoms with E-state index in [1.54, 1.807) is 0 Å². The first-order valence-electron chi connectivity index (χ1n) is 9.24. The minimum atomic E-state index is -0.589. The van der Waals surface area contributed by atoms with E-state index in [0.29, 0.717) is 29.5 Å². The first-order chi connectivity index (χ1) is 13.1. The number of ether oxygens (including phenoxy) is 1. The fourth-order valence-electron chi connectivity index (χ4n) is 2.88. The molecule has 1 aliphatic rings. The SMILES string of the molecule is CC(C)(C)OC(=O)Nc1cc(C2CC2)cn2cc(CN(N)/C=C(\N)CO)nc12. The van der Waals surface area contributed by atoms with E-state index >= 15 is 0 Å². The third kappa shape index (κ3) is 5.14. The number of nitrogens with zero attached hydrogens (tertiary/aromatic N) is 3. The van der Waals surface area contributed by atoms with E-state index in [2.05, 4.69) is 10.3 Å². The van der Waals surface area contributed by atoms with Crippen molar-refractivity contribution in [2.45, 2.75) is 51.7 Å². The number of aromatic nitrogens is 2. The lowest BCUT2D eigenvalue weighted by Crippen LogP contribution is -2.27. The summed E-state index contributed by atoms with van der Waals surface area (Å²) in [6.45, 7) is 5.48. The number of carbonyl (C=O) groups is 1. The molecule has 3 rings (SSSR count). The van der Waals surface area contributed by atoms with Gasteiger partial charge in [-0.3, -0.25) is 5.32 Å². The Hall–Kier alpha value is -2.78. The molecule has 0 atom stereocenters. The van der Waals surface area contributed by atoms with E-state index in [4.69, 9.17) is 21.4 Å². The van der Waals surface area contributed by atoms with Gasteiger partial charge >= 0.3 is 6.09 Å². The number of hydrogen-bond acceptors (Lipinski definition) is 7. The highest BCUT2D eigenvalue weighted by atomic mass is 16.6. The molecule has 0 aromatic carbocycles. The maximum absolute atomic E-state index is 12.3. The number of rotatable bonds is 6. The highest BCUT2D eigenvalue weighted by Crippen LogP contribution is 2.41. The van der Waals surface area contributed by atoms with Crippen LogP contribution in [0.25, 0.3) is 5.65 Å². The van der Waals surface area contributed by atoms with Crippen molar-refractivity contribution in [3.63, 3.8) is 0 Å². The number of nitrogens with one attached hydrogen (secondary N) is 1. The Kier molecular flexibility index (Phi) is 5.48. The number of aliphatic hydroxyl groups excluding tert-OH is 1. The number of imidazole rings is 1. The lowest BCUT2D eigenvalue weighted by molar-refractivity contribution is 0.0636. The van der Waals surface area contributed by atoms with Gasteiger partial charge < -0.3 is 25.0 Å². The average molecular weight is 388 g/mol. The van der Waals surface area contributed by atoms with Crippen LogP contribution in [0.15, 0.2) is 30.4 Å². The molecule has 0 unspecified atom stereocenters. The van der Waals surface area contributed by atoms with E-state index in [9.17, 15) is 4.79 Å². The second-order valence-electron chi connectivity index (χ2n) is 8.09. The first-order valence-corrected chi connectivity index (χ1v) is 9.24. The van der Waals surface area contributed by atoms with Crippen molar-refractivity contribution < 1.29 is 14.6 Å². The minimum absolute atomic E-state index is 0.259. The molecular weight excluding hydrogens is 360 g/mol. The Morgan fingerprint density at radius 2 is 2.18 bits per heavy atom. The van der Waals surface area contributed by atoms with Gasteiger partial charge in [-0.25, -0.2) is 15.6 Å². The van der Waals surface area contributed by atoms with Crippen LogP contribution in [0.2, 0.25) is 0 Å². The molecule has 2 aromatic rings. The van der Waals surface area contributed by atoms with Gasteiger partial charge in [0.05, 0.1) is 30.2 Å². The van der Waals surface area contributed by atoms with Crippen LogP contribution in [0, 0.1) is 0 Å². The monoisotopic (exact) mass is 388 g/mol. The summed E-state index contributed by atoms with van der Waals surface area (Å²) in [4.78, 5) is 16.9. The van der Waals surface area contributed by atoms with Crippen LogP contribution in [-0.2, 0) is 11.3 Å². The Morgan fingerprint density at radius 1 is 1.46 bits per heavy atom. The number of amides is 1. The van der Waals surface area contributed by atoms with E-state index in [0.717, 1.165) is 18.4 Å². The zero-order valence-electron chi connectivity index (χ0n) is 16.5. The maximum atomic E-state index is 12.3. The molecule has 1 saturated carbocycles. The van der Waals surface area contributed by atoms with Crippen molar-refractivity contribution >= 4 is 17.4 Å². The Morgan fingerprint density at radius 3 is 2.79 bits per heavy atom. The van der Waals surface area contributed by atoms with Crippen LogP contribution in [-0.4, -0.2) is 37.8 Å². The lowest BCUT2D eigenvalue weighted by atomic mass is 10.2. The van der Waals surface area contributed by atoms with Gasteiger partial charge in [-0.05, 0) is 51.2 Å². The highest BCUT2D eigenvalue weighted by molar-refractivity contribution is 5.90. The number of pyridine rings is 1. The van der Waals surface area contributed by atoms with Crippen molar-refractivity contribution in [2.75, 3.05) is 11.9 Å². The number of nitrogens with two attached hydrogens (primary N) is 2. The normalized spacial score (nSPS) is 15.0. The van der Waals surface area contributed by atoms with Crippen LogP contribution in [0.4, 0.5) is 10.5 Å². The van der Waals surface area contributed by atoms with Crippen LogP contribution in [0.1, 0.15) is 50.8 Å². The standard InChI is InChI=1S/C19H28N6O3/c1-19(2,3)28-18(27)23-16-6-13(12-4-5-12)7-24-9-15(22-17(16)24)10-25(21)8-14(20)11-26/h6-9,12,26H,4-5,10-11,20-21H2,1-3H3,(H,23,27)/b14-8-. The molecule has 152 valence electrons. The molecule has 1 fully saturated rings. The number of aliphatic hydroxyl groups is 1. The second kappa shape index (κ2) is 7.69. The van der Waals surface area contributed by atoms with E-state index in [1.807, 2.05) is 43.6 Å². The number of hydrazine groups is 1. The molecule has 2 heterocycles. The Labute approximate surface area is 163 Å².